The summed E-state index contributed by atoms with van der Waals surface area (Å²) in [6.45, 7) is 1.37. The van der Waals surface area contributed by atoms with Gasteiger partial charge in [0.1, 0.15) is 0 Å². The summed E-state index contributed by atoms with van der Waals surface area (Å²) in [5.74, 6) is 0.810. The van der Waals surface area contributed by atoms with Gasteiger partial charge in [0.25, 0.3) is 5.91 Å². The molecule has 1 amide bonds. The van der Waals surface area contributed by atoms with Crippen molar-refractivity contribution in [1.29, 1.82) is 0 Å². The number of amides is 1. The summed E-state index contributed by atoms with van der Waals surface area (Å²) >= 11 is 6.30. The predicted molar refractivity (Wildman–Crippen MR) is 100.0 cm³/mol. The second kappa shape index (κ2) is 7.22. The molecule has 5 nitrogen and oxygen atoms in total. The van der Waals surface area contributed by atoms with Gasteiger partial charge in [-0.05, 0) is 30.2 Å². The summed E-state index contributed by atoms with van der Waals surface area (Å²) in [6, 6.07) is 11.5. The number of benzene rings is 1. The number of likely N-dealkylation sites (tertiary alicyclic amines) is 1. The van der Waals surface area contributed by atoms with E-state index in [0.29, 0.717) is 24.5 Å². The fourth-order valence-corrected chi connectivity index (χ4v) is 3.57. The second-order valence-corrected chi connectivity index (χ2v) is 6.70. The summed E-state index contributed by atoms with van der Waals surface area (Å²) in [7, 11) is 0. The molecule has 1 aromatic carbocycles. The summed E-state index contributed by atoms with van der Waals surface area (Å²) in [5.41, 5.74) is 2.48. The van der Waals surface area contributed by atoms with Crippen molar-refractivity contribution in [2.45, 2.75) is 12.3 Å². The summed E-state index contributed by atoms with van der Waals surface area (Å²) in [5, 5.41) is 0.761. The fraction of sp³-hybridized carbons (Fsp3) is 0.200. The Kier molecular flexibility index (Phi) is 4.63. The molecule has 1 aliphatic rings. The molecule has 0 saturated carbocycles. The quantitative estimate of drug-likeness (QED) is 0.708. The second-order valence-electron chi connectivity index (χ2n) is 6.29. The minimum Gasteiger partial charge on any atom is -0.338 e. The van der Waals surface area contributed by atoms with Crippen LogP contribution in [-0.4, -0.2) is 38.8 Å². The Morgan fingerprint density at radius 3 is 2.54 bits per heavy atom. The zero-order valence-electron chi connectivity index (χ0n) is 14.0. The van der Waals surface area contributed by atoms with E-state index in [1.54, 1.807) is 24.8 Å². The van der Waals surface area contributed by atoms with Gasteiger partial charge >= 0.3 is 0 Å². The molecule has 1 unspecified atom stereocenters. The number of halogens is 1. The number of aromatic nitrogens is 3. The number of rotatable bonds is 3. The molecule has 3 heterocycles. The van der Waals surface area contributed by atoms with Crippen LogP contribution in [-0.2, 0) is 0 Å². The van der Waals surface area contributed by atoms with E-state index >= 15 is 0 Å². The van der Waals surface area contributed by atoms with Gasteiger partial charge in [0, 0.05) is 54.4 Å². The molecular weight excluding hydrogens is 348 g/mol. The molecule has 0 bridgehead atoms. The van der Waals surface area contributed by atoms with E-state index in [4.69, 9.17) is 11.6 Å². The highest BCUT2D eigenvalue weighted by atomic mass is 35.5. The monoisotopic (exact) mass is 364 g/mol. The Morgan fingerprint density at radius 1 is 1.08 bits per heavy atom. The van der Waals surface area contributed by atoms with Crippen molar-refractivity contribution >= 4 is 17.5 Å². The average Bonchev–Trinajstić information content (AvgIpc) is 3.18. The van der Waals surface area contributed by atoms with Crippen molar-refractivity contribution in [1.82, 2.24) is 19.9 Å². The third kappa shape index (κ3) is 3.30. The Bertz CT molecular complexity index is 915. The molecular formula is C20H17ClN4O. The van der Waals surface area contributed by atoms with Crippen molar-refractivity contribution in [3.8, 4) is 11.4 Å². The van der Waals surface area contributed by atoms with Crippen LogP contribution in [0.2, 0.25) is 5.02 Å². The molecule has 0 spiro atoms. The van der Waals surface area contributed by atoms with E-state index in [0.717, 1.165) is 22.6 Å². The maximum Gasteiger partial charge on any atom is 0.257 e. The van der Waals surface area contributed by atoms with Crippen LogP contribution in [0.1, 0.15) is 28.3 Å². The Morgan fingerprint density at radius 2 is 1.81 bits per heavy atom. The van der Waals surface area contributed by atoms with Crippen LogP contribution in [0.5, 0.6) is 0 Å². The van der Waals surface area contributed by atoms with Crippen LogP contribution in [0.15, 0.2) is 61.2 Å². The molecule has 3 aromatic rings. The normalized spacial score (nSPS) is 16.7. The number of nitrogens with zero attached hydrogens (tertiary/aromatic N) is 4. The van der Waals surface area contributed by atoms with Crippen LogP contribution < -0.4 is 0 Å². The van der Waals surface area contributed by atoms with Crippen LogP contribution in [0, 0.1) is 0 Å². The largest absolute Gasteiger partial charge is 0.338 e. The van der Waals surface area contributed by atoms with E-state index in [-0.39, 0.29) is 11.8 Å². The Labute approximate surface area is 156 Å². The van der Waals surface area contributed by atoms with Gasteiger partial charge in [-0.2, -0.15) is 0 Å². The molecule has 0 aliphatic carbocycles. The van der Waals surface area contributed by atoms with Crippen LogP contribution >= 0.6 is 11.6 Å². The standard InChI is InChI=1S/C20H17ClN4O/c21-18-4-2-1-3-17(18)15-7-10-25(13-15)20(26)16-11-23-19(24-12-16)14-5-8-22-9-6-14/h1-6,8-9,11-12,15H,7,10,13H2. The lowest BCUT2D eigenvalue weighted by Crippen LogP contribution is -2.28. The molecule has 1 aliphatic heterocycles. The lowest BCUT2D eigenvalue weighted by molar-refractivity contribution is 0.0790. The minimum absolute atomic E-state index is 0.0409. The van der Waals surface area contributed by atoms with Gasteiger partial charge in [-0.15, -0.1) is 0 Å². The minimum atomic E-state index is -0.0409. The Hall–Kier alpha value is -2.79. The Balaban J connectivity index is 1.48. The average molecular weight is 365 g/mol. The van der Waals surface area contributed by atoms with Gasteiger partial charge in [0.15, 0.2) is 5.82 Å². The molecule has 4 rings (SSSR count). The molecule has 130 valence electrons. The van der Waals surface area contributed by atoms with Crippen molar-refractivity contribution in [3.05, 3.63) is 77.3 Å². The number of pyridine rings is 1. The number of hydrogen-bond donors (Lipinski definition) is 0. The summed E-state index contributed by atoms with van der Waals surface area (Å²) in [6.07, 6.45) is 7.47. The van der Waals surface area contributed by atoms with Gasteiger partial charge in [0.2, 0.25) is 0 Å². The molecule has 0 radical (unpaired) electrons. The molecule has 1 atom stereocenters. The fourth-order valence-electron chi connectivity index (χ4n) is 3.28. The lowest BCUT2D eigenvalue weighted by atomic mass is 9.98. The number of carbonyl (C=O) groups excluding carboxylic acids is 1. The molecule has 1 fully saturated rings. The van der Waals surface area contributed by atoms with Gasteiger partial charge in [0.05, 0.1) is 5.56 Å². The van der Waals surface area contributed by atoms with Gasteiger partial charge < -0.3 is 4.90 Å². The maximum absolute atomic E-state index is 12.8. The number of hydrogen-bond acceptors (Lipinski definition) is 4. The van der Waals surface area contributed by atoms with Crippen molar-refractivity contribution < 1.29 is 4.79 Å². The first-order chi connectivity index (χ1) is 12.7. The van der Waals surface area contributed by atoms with Crippen LogP contribution in [0.3, 0.4) is 0 Å². The molecule has 6 heteroatoms. The molecule has 26 heavy (non-hydrogen) atoms. The van der Waals surface area contributed by atoms with E-state index in [2.05, 4.69) is 15.0 Å². The SMILES string of the molecule is O=C(c1cnc(-c2ccncc2)nc1)N1CCC(c2ccccc2Cl)C1. The zero-order valence-corrected chi connectivity index (χ0v) is 14.8. The summed E-state index contributed by atoms with van der Waals surface area (Å²) in [4.78, 5) is 27.2. The van der Waals surface area contributed by atoms with E-state index in [1.165, 1.54) is 0 Å². The highest BCUT2D eigenvalue weighted by Crippen LogP contribution is 2.32. The lowest BCUT2D eigenvalue weighted by Gasteiger charge is -2.17. The highest BCUT2D eigenvalue weighted by Gasteiger charge is 2.29. The van der Waals surface area contributed by atoms with E-state index < -0.39 is 0 Å². The first kappa shape index (κ1) is 16.7. The number of carbonyl (C=O) groups is 1. The summed E-state index contributed by atoms with van der Waals surface area (Å²) < 4.78 is 0. The maximum atomic E-state index is 12.8. The topological polar surface area (TPSA) is 59.0 Å². The van der Waals surface area contributed by atoms with Gasteiger partial charge in [-0.25, -0.2) is 9.97 Å². The van der Waals surface area contributed by atoms with Crippen LogP contribution in [0.4, 0.5) is 0 Å². The van der Waals surface area contributed by atoms with Gasteiger partial charge in [-0.1, -0.05) is 29.8 Å². The first-order valence-corrected chi connectivity index (χ1v) is 8.86. The zero-order chi connectivity index (χ0) is 17.9. The molecule has 0 N–H and O–H groups in total. The van der Waals surface area contributed by atoms with Crippen molar-refractivity contribution in [3.63, 3.8) is 0 Å². The first-order valence-electron chi connectivity index (χ1n) is 8.48. The third-order valence-corrected chi connectivity index (χ3v) is 5.00. The highest BCUT2D eigenvalue weighted by molar-refractivity contribution is 6.31. The van der Waals surface area contributed by atoms with Crippen molar-refractivity contribution in [2.24, 2.45) is 0 Å². The van der Waals surface area contributed by atoms with Gasteiger partial charge in [-0.3, -0.25) is 9.78 Å². The third-order valence-electron chi connectivity index (χ3n) is 4.66. The van der Waals surface area contributed by atoms with E-state index in [1.807, 2.05) is 41.3 Å². The predicted octanol–water partition coefficient (Wildman–Crippen LogP) is 3.82. The molecule has 1 saturated heterocycles. The van der Waals surface area contributed by atoms with Crippen LogP contribution in [0.25, 0.3) is 11.4 Å². The van der Waals surface area contributed by atoms with Crippen molar-refractivity contribution in [2.75, 3.05) is 13.1 Å². The smallest absolute Gasteiger partial charge is 0.257 e. The van der Waals surface area contributed by atoms with E-state index in [9.17, 15) is 4.79 Å². The molecule has 2 aromatic heterocycles.